The molecule has 1 aromatic carbocycles. The highest BCUT2D eigenvalue weighted by Crippen LogP contribution is 2.36. The molecule has 0 saturated heterocycles. The summed E-state index contributed by atoms with van der Waals surface area (Å²) in [7, 11) is 5.81. The van der Waals surface area contributed by atoms with E-state index in [1.165, 1.54) is 23.5 Å². The summed E-state index contributed by atoms with van der Waals surface area (Å²) < 4.78 is 2.70. The monoisotopic (exact) mass is 295 g/mol. The summed E-state index contributed by atoms with van der Waals surface area (Å²) in [5.74, 6) is 0. The van der Waals surface area contributed by atoms with Crippen molar-refractivity contribution in [3.8, 4) is 11.3 Å². The maximum absolute atomic E-state index is 10.7. The highest BCUT2D eigenvalue weighted by Gasteiger charge is 2.15. The average Bonchev–Trinajstić information content (AvgIpc) is 2.66. The number of rotatable bonds is 3. The van der Waals surface area contributed by atoms with Crippen molar-refractivity contribution in [2.24, 2.45) is 7.05 Å². The van der Waals surface area contributed by atoms with E-state index in [0.717, 1.165) is 20.2 Å². The minimum atomic E-state index is -0.400. The summed E-state index contributed by atoms with van der Waals surface area (Å²) in [5, 5.41) is 11.7. The van der Waals surface area contributed by atoms with Gasteiger partial charge in [0.2, 0.25) is 0 Å². The van der Waals surface area contributed by atoms with Crippen LogP contribution in [0.3, 0.4) is 0 Å². The topological polar surface area (TPSA) is 51.3 Å². The first-order valence-electron chi connectivity index (χ1n) is 5.53. The second-order valence-electron chi connectivity index (χ2n) is 4.28. The number of thiazole rings is 1. The van der Waals surface area contributed by atoms with Gasteiger partial charge in [-0.2, -0.15) is 0 Å². The lowest BCUT2D eigenvalue weighted by Crippen LogP contribution is -2.08. The van der Waals surface area contributed by atoms with Gasteiger partial charge < -0.3 is 9.47 Å². The van der Waals surface area contributed by atoms with Crippen molar-refractivity contribution in [1.82, 2.24) is 4.57 Å². The quantitative estimate of drug-likeness (QED) is 0.494. The van der Waals surface area contributed by atoms with Crippen LogP contribution in [0.4, 0.5) is 10.7 Å². The molecule has 0 aliphatic rings. The van der Waals surface area contributed by atoms with Gasteiger partial charge in [-0.3, -0.25) is 10.1 Å². The zero-order valence-electron chi connectivity index (χ0n) is 10.8. The van der Waals surface area contributed by atoms with Crippen LogP contribution < -0.4 is 4.90 Å². The van der Waals surface area contributed by atoms with Gasteiger partial charge in [-0.15, -0.1) is 0 Å². The number of hydrogen-bond donors (Lipinski definition) is 0. The summed E-state index contributed by atoms with van der Waals surface area (Å²) in [6, 6.07) is 6.52. The molecule has 0 fully saturated rings. The molecule has 1 heterocycles. The predicted molar refractivity (Wildman–Crippen MR) is 80.5 cm³/mol. The molecule has 0 N–H and O–H groups in total. The molecule has 0 aliphatic heterocycles. The van der Waals surface area contributed by atoms with Crippen molar-refractivity contribution in [2.75, 3.05) is 19.0 Å². The number of nitro benzene ring substituents is 1. The lowest BCUT2D eigenvalue weighted by Gasteiger charge is -2.13. The van der Waals surface area contributed by atoms with E-state index in [9.17, 15) is 10.1 Å². The van der Waals surface area contributed by atoms with Gasteiger partial charge in [0.1, 0.15) is 5.00 Å². The zero-order valence-corrected chi connectivity index (χ0v) is 12.4. The van der Waals surface area contributed by atoms with Crippen molar-refractivity contribution < 1.29 is 4.92 Å². The molecule has 0 bridgehead atoms. The van der Waals surface area contributed by atoms with Crippen molar-refractivity contribution in [1.29, 1.82) is 0 Å². The van der Waals surface area contributed by atoms with Gasteiger partial charge in [-0.1, -0.05) is 11.3 Å². The van der Waals surface area contributed by atoms with Crippen molar-refractivity contribution in [3.63, 3.8) is 0 Å². The number of hydrogen-bond acceptors (Lipinski definition) is 5. The third kappa shape index (κ3) is 2.52. The first-order valence-corrected chi connectivity index (χ1v) is 6.76. The van der Waals surface area contributed by atoms with Gasteiger partial charge in [0, 0.05) is 38.8 Å². The van der Waals surface area contributed by atoms with Crippen LogP contribution in [0.5, 0.6) is 0 Å². The Morgan fingerprint density at radius 1 is 1.32 bits per heavy atom. The van der Waals surface area contributed by atoms with Crippen molar-refractivity contribution in [3.05, 3.63) is 38.3 Å². The number of non-ortho nitro benzene ring substituents is 1. The highest BCUT2D eigenvalue weighted by atomic mass is 32.1. The fraction of sp³-hybridized carbons (Fsp3) is 0.250. The molecule has 0 aliphatic carbocycles. The van der Waals surface area contributed by atoms with Crippen LogP contribution in [0, 0.1) is 14.1 Å². The second kappa shape index (κ2) is 5.10. The van der Waals surface area contributed by atoms with Gasteiger partial charge >= 0.3 is 0 Å². The van der Waals surface area contributed by atoms with Gasteiger partial charge in [0.25, 0.3) is 5.69 Å². The lowest BCUT2D eigenvalue weighted by molar-refractivity contribution is -0.384. The Hall–Kier alpha value is -1.73. The number of nitro groups is 1. The summed E-state index contributed by atoms with van der Waals surface area (Å²) in [4.78, 5) is 12.3. The Morgan fingerprint density at radius 3 is 2.37 bits per heavy atom. The normalized spacial score (nSPS) is 10.5. The Balaban J connectivity index is 2.58. The van der Waals surface area contributed by atoms with E-state index in [0.29, 0.717) is 0 Å². The first kappa shape index (κ1) is 13.7. The molecule has 5 nitrogen and oxygen atoms in total. The van der Waals surface area contributed by atoms with Crippen LogP contribution in [0.1, 0.15) is 0 Å². The maximum Gasteiger partial charge on any atom is 0.269 e. The van der Waals surface area contributed by atoms with Gasteiger partial charge in [0.15, 0.2) is 3.95 Å². The number of nitrogens with zero attached hydrogens (tertiary/aromatic N) is 3. The lowest BCUT2D eigenvalue weighted by atomic mass is 10.1. The SMILES string of the molecule is CN(C)c1sc(=S)n(C)c1-c1ccc([N+](=O)[O-])cc1. The van der Waals surface area contributed by atoms with E-state index in [1.54, 1.807) is 12.1 Å². The molecular formula is C12H13N3O2S2. The van der Waals surface area contributed by atoms with E-state index in [2.05, 4.69) is 0 Å². The molecule has 0 amide bonds. The first-order chi connectivity index (χ1) is 8.91. The molecule has 100 valence electrons. The molecule has 2 aromatic rings. The third-order valence-electron chi connectivity index (χ3n) is 2.75. The molecular weight excluding hydrogens is 282 g/mol. The average molecular weight is 295 g/mol. The summed E-state index contributed by atoms with van der Waals surface area (Å²) >= 11 is 6.82. The Labute approximate surface area is 119 Å². The molecule has 2 rings (SSSR count). The second-order valence-corrected chi connectivity index (χ2v) is 5.90. The standard InChI is InChI=1S/C12H13N3O2S2/c1-13(2)11-10(14(3)12(18)19-11)8-4-6-9(7-5-8)15(16)17/h4-7H,1-3H3. The summed E-state index contributed by atoms with van der Waals surface area (Å²) in [5.41, 5.74) is 1.99. The Bertz CT molecular complexity index is 671. The van der Waals surface area contributed by atoms with E-state index in [1.807, 2.05) is 30.6 Å². The van der Waals surface area contributed by atoms with Crippen LogP contribution in [-0.4, -0.2) is 23.6 Å². The van der Waals surface area contributed by atoms with E-state index in [-0.39, 0.29) is 5.69 Å². The van der Waals surface area contributed by atoms with Gasteiger partial charge in [-0.05, 0) is 24.4 Å². The fourth-order valence-corrected chi connectivity index (χ4v) is 3.05. The van der Waals surface area contributed by atoms with Gasteiger partial charge in [-0.25, -0.2) is 0 Å². The molecule has 1 aromatic heterocycles. The number of anilines is 1. The molecule has 7 heteroatoms. The molecule has 0 saturated carbocycles. The molecule has 0 atom stereocenters. The number of aromatic nitrogens is 1. The largest absolute Gasteiger partial charge is 0.368 e. The van der Waals surface area contributed by atoms with Crippen LogP contribution in [0.25, 0.3) is 11.3 Å². The van der Waals surface area contributed by atoms with E-state index in [4.69, 9.17) is 12.2 Å². The van der Waals surface area contributed by atoms with E-state index >= 15 is 0 Å². The third-order valence-corrected chi connectivity index (χ3v) is 4.48. The Morgan fingerprint density at radius 2 is 1.89 bits per heavy atom. The molecule has 19 heavy (non-hydrogen) atoms. The molecule has 0 spiro atoms. The van der Waals surface area contributed by atoms with Crippen LogP contribution in [-0.2, 0) is 7.05 Å². The van der Waals surface area contributed by atoms with Crippen molar-refractivity contribution >= 4 is 34.2 Å². The minimum absolute atomic E-state index is 0.0895. The highest BCUT2D eigenvalue weighted by molar-refractivity contribution is 7.73. The molecule has 0 radical (unpaired) electrons. The van der Waals surface area contributed by atoms with E-state index < -0.39 is 4.92 Å². The molecule has 0 unspecified atom stereocenters. The van der Waals surface area contributed by atoms with Gasteiger partial charge in [0.05, 0.1) is 10.6 Å². The Kier molecular flexibility index (Phi) is 3.68. The smallest absolute Gasteiger partial charge is 0.269 e. The minimum Gasteiger partial charge on any atom is -0.368 e. The maximum atomic E-state index is 10.7. The van der Waals surface area contributed by atoms with Crippen LogP contribution in [0.2, 0.25) is 0 Å². The zero-order chi connectivity index (χ0) is 14.2. The summed E-state index contributed by atoms with van der Waals surface area (Å²) in [6.07, 6.45) is 0. The fourth-order valence-electron chi connectivity index (χ4n) is 1.80. The van der Waals surface area contributed by atoms with Crippen LogP contribution >= 0.6 is 23.6 Å². The van der Waals surface area contributed by atoms with Crippen LogP contribution in [0.15, 0.2) is 24.3 Å². The number of benzene rings is 1. The van der Waals surface area contributed by atoms with Crippen molar-refractivity contribution in [2.45, 2.75) is 0 Å². The predicted octanol–water partition coefficient (Wildman–Crippen LogP) is 3.46. The summed E-state index contributed by atoms with van der Waals surface area (Å²) in [6.45, 7) is 0.